The molecule has 0 saturated carbocycles. The van der Waals surface area contributed by atoms with Crippen LogP contribution in [0.25, 0.3) is 17.2 Å². The molecule has 2 aromatic heterocycles. The van der Waals surface area contributed by atoms with Crippen LogP contribution in [-0.4, -0.2) is 63.8 Å². The summed E-state index contributed by atoms with van der Waals surface area (Å²) in [6.45, 7) is 9.46. The number of benzene rings is 1. The zero-order valence-electron chi connectivity index (χ0n) is 19.2. The van der Waals surface area contributed by atoms with E-state index in [1.807, 2.05) is 25.3 Å². The van der Waals surface area contributed by atoms with Gasteiger partial charge in [-0.1, -0.05) is 13.8 Å². The lowest BCUT2D eigenvalue weighted by Crippen LogP contribution is -2.34. The van der Waals surface area contributed by atoms with Crippen molar-refractivity contribution in [3.05, 3.63) is 53.0 Å². The molecule has 2 heterocycles. The highest BCUT2D eigenvalue weighted by Crippen LogP contribution is 2.34. The highest BCUT2D eigenvalue weighted by Gasteiger charge is 2.21. The number of aryl methyl sites for hydroxylation is 2. The minimum absolute atomic E-state index is 0.128. The highest BCUT2D eigenvalue weighted by atomic mass is 16.5. The van der Waals surface area contributed by atoms with E-state index >= 15 is 0 Å². The maximum atomic E-state index is 12.7. The fourth-order valence-electron chi connectivity index (χ4n) is 4.12. The van der Waals surface area contributed by atoms with Gasteiger partial charge >= 0.3 is 0 Å². The van der Waals surface area contributed by atoms with Gasteiger partial charge in [-0.05, 0) is 62.2 Å². The van der Waals surface area contributed by atoms with Crippen LogP contribution in [0.5, 0.6) is 5.75 Å². The molecule has 4 rings (SSSR count). The Labute approximate surface area is 188 Å². The smallest absolute Gasteiger partial charge is 0.254 e. The number of aromatic nitrogens is 4. The summed E-state index contributed by atoms with van der Waals surface area (Å²) < 4.78 is 7.00. The number of methoxy groups -OCH3 is 1. The summed E-state index contributed by atoms with van der Waals surface area (Å²) in [7, 11) is 1.68. The molecule has 0 saturated heterocycles. The van der Waals surface area contributed by atoms with Gasteiger partial charge in [0.2, 0.25) is 0 Å². The van der Waals surface area contributed by atoms with Crippen LogP contribution in [0, 0.1) is 6.92 Å². The molecular formula is C24H30N6O2. The molecular weight excluding hydrogens is 404 g/mol. The molecule has 0 radical (unpaired) electrons. The summed E-state index contributed by atoms with van der Waals surface area (Å²) in [5.74, 6) is 1.18. The molecule has 1 aliphatic carbocycles. The van der Waals surface area contributed by atoms with Crippen molar-refractivity contribution in [1.82, 2.24) is 30.0 Å². The molecule has 0 unspecified atom stereocenters. The van der Waals surface area contributed by atoms with Crippen LogP contribution in [-0.2, 0) is 12.8 Å². The summed E-state index contributed by atoms with van der Waals surface area (Å²) in [5.41, 5.74) is 5.60. The molecule has 0 fully saturated rings. The molecule has 0 spiro atoms. The van der Waals surface area contributed by atoms with E-state index in [0.717, 1.165) is 60.7 Å². The van der Waals surface area contributed by atoms with Crippen LogP contribution in [0.2, 0.25) is 0 Å². The Morgan fingerprint density at radius 2 is 1.97 bits per heavy atom. The normalized spacial score (nSPS) is 12.4. The Bertz CT molecular complexity index is 1120. The average Bonchev–Trinajstić information content (AvgIpc) is 3.22. The molecule has 0 atom stereocenters. The quantitative estimate of drug-likeness (QED) is 0.587. The van der Waals surface area contributed by atoms with Crippen LogP contribution in [0.3, 0.4) is 0 Å². The molecule has 1 aliphatic rings. The first-order valence-corrected chi connectivity index (χ1v) is 11.1. The zero-order valence-corrected chi connectivity index (χ0v) is 19.2. The van der Waals surface area contributed by atoms with E-state index in [1.165, 1.54) is 5.56 Å². The third kappa shape index (κ3) is 4.23. The number of likely N-dealkylation sites (N-methyl/N-ethyl adjacent to an activating group) is 1. The zero-order chi connectivity index (χ0) is 22.7. The van der Waals surface area contributed by atoms with Crippen molar-refractivity contribution in [3.8, 4) is 23.0 Å². The minimum atomic E-state index is -0.128. The van der Waals surface area contributed by atoms with Gasteiger partial charge in [0.05, 0.1) is 30.3 Å². The van der Waals surface area contributed by atoms with Crippen LogP contribution < -0.4 is 10.1 Å². The number of nitrogens with zero attached hydrogens (tertiary/aromatic N) is 5. The SMILES string of the molecule is CCN(CC)CCNC(=O)c1cnn(-c2ncc3c(n2)-c2ccc(OC)cc2CC3)c1C. The lowest BCUT2D eigenvalue weighted by Gasteiger charge is -2.20. The molecule has 8 heteroatoms. The van der Waals surface area contributed by atoms with Gasteiger partial charge in [0, 0.05) is 24.8 Å². The maximum Gasteiger partial charge on any atom is 0.254 e. The fourth-order valence-corrected chi connectivity index (χ4v) is 4.12. The second-order valence-electron chi connectivity index (χ2n) is 7.91. The van der Waals surface area contributed by atoms with Gasteiger partial charge in [-0.3, -0.25) is 4.79 Å². The maximum absolute atomic E-state index is 12.7. The Morgan fingerprint density at radius 3 is 2.72 bits per heavy atom. The highest BCUT2D eigenvalue weighted by molar-refractivity contribution is 5.95. The van der Waals surface area contributed by atoms with Crippen molar-refractivity contribution in [1.29, 1.82) is 0 Å². The number of hydrogen-bond donors (Lipinski definition) is 1. The first kappa shape index (κ1) is 22.0. The van der Waals surface area contributed by atoms with Crippen LogP contribution in [0.15, 0.2) is 30.6 Å². The fraction of sp³-hybridized carbons (Fsp3) is 0.417. The largest absolute Gasteiger partial charge is 0.497 e. The first-order valence-electron chi connectivity index (χ1n) is 11.1. The Hall–Kier alpha value is -3.26. The van der Waals surface area contributed by atoms with E-state index in [4.69, 9.17) is 9.72 Å². The minimum Gasteiger partial charge on any atom is -0.497 e. The molecule has 0 bridgehead atoms. The van der Waals surface area contributed by atoms with Crippen molar-refractivity contribution in [2.24, 2.45) is 0 Å². The van der Waals surface area contributed by atoms with E-state index in [-0.39, 0.29) is 5.91 Å². The second kappa shape index (κ2) is 9.48. The molecule has 0 aliphatic heterocycles. The lowest BCUT2D eigenvalue weighted by molar-refractivity contribution is 0.0948. The monoisotopic (exact) mass is 434 g/mol. The third-order valence-electron chi connectivity index (χ3n) is 6.13. The number of hydrogen-bond acceptors (Lipinski definition) is 6. The van der Waals surface area contributed by atoms with Gasteiger partial charge in [-0.15, -0.1) is 0 Å². The topological polar surface area (TPSA) is 85.2 Å². The predicted molar refractivity (Wildman–Crippen MR) is 123 cm³/mol. The summed E-state index contributed by atoms with van der Waals surface area (Å²) in [5, 5.41) is 7.41. The molecule has 168 valence electrons. The number of carbonyl (C=O) groups is 1. The summed E-state index contributed by atoms with van der Waals surface area (Å²) >= 11 is 0. The van der Waals surface area contributed by atoms with Gasteiger partial charge in [0.1, 0.15) is 5.75 Å². The molecule has 1 aromatic carbocycles. The first-order chi connectivity index (χ1) is 15.5. The van der Waals surface area contributed by atoms with E-state index in [1.54, 1.807) is 18.0 Å². The number of nitrogens with one attached hydrogen (secondary N) is 1. The van der Waals surface area contributed by atoms with Gasteiger partial charge < -0.3 is 15.0 Å². The van der Waals surface area contributed by atoms with Crippen LogP contribution in [0.4, 0.5) is 0 Å². The standard InChI is InChI=1S/C24H30N6O2/c1-5-29(6-2)12-11-25-23(31)21-15-27-30(16(21)3)24-26-14-18-8-7-17-13-19(32-4)9-10-20(17)22(18)28-24/h9-10,13-15H,5-8,11-12H2,1-4H3,(H,25,31). The number of amides is 1. The van der Waals surface area contributed by atoms with Crippen molar-refractivity contribution in [2.75, 3.05) is 33.3 Å². The summed E-state index contributed by atoms with van der Waals surface area (Å²) in [6.07, 6.45) is 5.27. The van der Waals surface area contributed by atoms with Crippen molar-refractivity contribution in [2.45, 2.75) is 33.6 Å². The third-order valence-corrected chi connectivity index (χ3v) is 6.13. The van der Waals surface area contributed by atoms with E-state index in [0.29, 0.717) is 18.1 Å². The summed E-state index contributed by atoms with van der Waals surface area (Å²) in [4.78, 5) is 24.3. The second-order valence-corrected chi connectivity index (χ2v) is 7.91. The molecule has 1 amide bonds. The van der Waals surface area contributed by atoms with E-state index < -0.39 is 0 Å². The van der Waals surface area contributed by atoms with Crippen LogP contribution in [0.1, 0.15) is 41.0 Å². The van der Waals surface area contributed by atoms with Crippen molar-refractivity contribution in [3.63, 3.8) is 0 Å². The van der Waals surface area contributed by atoms with Gasteiger partial charge in [0.15, 0.2) is 0 Å². The van der Waals surface area contributed by atoms with E-state index in [2.05, 4.69) is 40.2 Å². The average molecular weight is 435 g/mol. The van der Waals surface area contributed by atoms with Crippen LogP contribution >= 0.6 is 0 Å². The van der Waals surface area contributed by atoms with Crippen molar-refractivity contribution < 1.29 is 9.53 Å². The molecule has 32 heavy (non-hydrogen) atoms. The predicted octanol–water partition coefficient (Wildman–Crippen LogP) is 2.82. The van der Waals surface area contributed by atoms with E-state index in [9.17, 15) is 4.79 Å². The van der Waals surface area contributed by atoms with Gasteiger partial charge in [0.25, 0.3) is 11.9 Å². The number of fused-ring (bicyclic) bond motifs is 3. The Balaban J connectivity index is 1.57. The molecule has 8 nitrogen and oxygen atoms in total. The Morgan fingerprint density at radius 1 is 1.19 bits per heavy atom. The Kier molecular flexibility index (Phi) is 6.50. The lowest BCUT2D eigenvalue weighted by atomic mass is 9.90. The number of ether oxygens (including phenoxy) is 1. The van der Waals surface area contributed by atoms with Gasteiger partial charge in [-0.25, -0.2) is 14.6 Å². The number of rotatable bonds is 8. The summed E-state index contributed by atoms with van der Waals surface area (Å²) in [6, 6.07) is 6.07. The molecule has 3 aromatic rings. The van der Waals surface area contributed by atoms with Gasteiger partial charge in [-0.2, -0.15) is 5.10 Å². The number of carbonyl (C=O) groups excluding carboxylic acids is 1. The molecule has 1 N–H and O–H groups in total. The van der Waals surface area contributed by atoms with Crippen molar-refractivity contribution >= 4 is 5.91 Å².